The molecule has 2 aromatic rings. The molecular formula is C14H14N4O2. The quantitative estimate of drug-likeness (QED) is 0.915. The van der Waals surface area contributed by atoms with E-state index >= 15 is 0 Å². The van der Waals surface area contributed by atoms with E-state index in [0.717, 1.165) is 0 Å². The van der Waals surface area contributed by atoms with Crippen LogP contribution in [-0.2, 0) is 0 Å². The molecule has 0 aliphatic rings. The number of nitrogens with one attached hydrogen (secondary N) is 1. The van der Waals surface area contributed by atoms with E-state index in [-0.39, 0.29) is 11.8 Å². The van der Waals surface area contributed by atoms with Crippen LogP contribution in [0.2, 0.25) is 0 Å². The molecule has 0 fully saturated rings. The summed E-state index contributed by atoms with van der Waals surface area (Å²) in [5.74, 6) is -0.0221. The van der Waals surface area contributed by atoms with E-state index in [1.165, 1.54) is 23.5 Å². The second-order valence-electron chi connectivity index (χ2n) is 4.32. The zero-order chi connectivity index (χ0) is 14.5. The van der Waals surface area contributed by atoms with Gasteiger partial charge in [0, 0.05) is 37.6 Å². The highest BCUT2D eigenvalue weighted by atomic mass is 16.2. The van der Waals surface area contributed by atoms with Crippen molar-refractivity contribution >= 4 is 17.6 Å². The van der Waals surface area contributed by atoms with Gasteiger partial charge in [0.2, 0.25) is 0 Å². The van der Waals surface area contributed by atoms with Gasteiger partial charge in [0.15, 0.2) is 5.82 Å². The van der Waals surface area contributed by atoms with Gasteiger partial charge in [-0.1, -0.05) is 0 Å². The van der Waals surface area contributed by atoms with Crippen molar-refractivity contribution in [1.82, 2.24) is 14.9 Å². The van der Waals surface area contributed by atoms with E-state index in [0.29, 0.717) is 16.9 Å². The molecule has 1 heterocycles. The minimum absolute atomic E-state index is 0.106. The lowest BCUT2D eigenvalue weighted by Gasteiger charge is -2.10. The zero-order valence-corrected chi connectivity index (χ0v) is 11.2. The maximum absolute atomic E-state index is 12.0. The molecule has 0 saturated carbocycles. The van der Waals surface area contributed by atoms with Gasteiger partial charge in [-0.05, 0) is 24.3 Å². The lowest BCUT2D eigenvalue weighted by molar-refractivity contribution is 0.0827. The molecular weight excluding hydrogens is 256 g/mol. The molecule has 0 radical (unpaired) electrons. The first-order valence-electron chi connectivity index (χ1n) is 5.97. The summed E-state index contributed by atoms with van der Waals surface area (Å²) in [6.45, 7) is 0. The number of nitrogens with zero attached hydrogens (tertiary/aromatic N) is 3. The molecule has 6 heteroatoms. The largest absolute Gasteiger partial charge is 0.345 e. The third kappa shape index (κ3) is 3.17. The average Bonchev–Trinajstić information content (AvgIpc) is 2.47. The molecule has 2 rings (SSSR count). The Bertz CT molecular complexity index is 609. The fraction of sp³-hybridized carbons (Fsp3) is 0.143. The molecule has 1 N–H and O–H groups in total. The van der Waals surface area contributed by atoms with Crippen molar-refractivity contribution in [3.05, 3.63) is 54.0 Å². The molecule has 0 atom stereocenters. The molecule has 0 bridgehead atoms. The number of benzene rings is 1. The number of aromatic nitrogens is 2. The van der Waals surface area contributed by atoms with Gasteiger partial charge in [0.25, 0.3) is 11.8 Å². The van der Waals surface area contributed by atoms with Gasteiger partial charge in [0.05, 0.1) is 6.20 Å². The van der Waals surface area contributed by atoms with Gasteiger partial charge in [-0.3, -0.25) is 14.6 Å². The molecule has 0 unspecified atom stereocenters. The Morgan fingerprint density at radius 3 is 2.25 bits per heavy atom. The Kier molecular flexibility index (Phi) is 4.05. The Morgan fingerprint density at radius 1 is 1.05 bits per heavy atom. The van der Waals surface area contributed by atoms with Crippen molar-refractivity contribution in [3.8, 4) is 0 Å². The molecule has 20 heavy (non-hydrogen) atoms. The summed E-state index contributed by atoms with van der Waals surface area (Å²) in [4.78, 5) is 33.0. The van der Waals surface area contributed by atoms with Crippen LogP contribution in [0, 0.1) is 0 Å². The summed E-state index contributed by atoms with van der Waals surface area (Å²) in [5.41, 5.74) is 0.983. The summed E-state index contributed by atoms with van der Waals surface area (Å²) >= 11 is 0. The molecule has 2 amide bonds. The second-order valence-corrected chi connectivity index (χ2v) is 4.32. The van der Waals surface area contributed by atoms with Crippen LogP contribution >= 0.6 is 0 Å². The highest BCUT2D eigenvalue weighted by Gasteiger charge is 2.10. The number of carbonyl (C=O) groups is 2. The minimum atomic E-state index is -0.297. The van der Waals surface area contributed by atoms with Gasteiger partial charge < -0.3 is 10.2 Å². The molecule has 1 aromatic heterocycles. The molecule has 1 aromatic carbocycles. The number of hydrogen-bond donors (Lipinski definition) is 1. The summed E-state index contributed by atoms with van der Waals surface area (Å²) in [6.07, 6.45) is 4.48. The lowest BCUT2D eigenvalue weighted by atomic mass is 10.1. The monoisotopic (exact) mass is 270 g/mol. The Morgan fingerprint density at radius 2 is 1.70 bits per heavy atom. The summed E-state index contributed by atoms with van der Waals surface area (Å²) in [5, 5.41) is 2.62. The van der Waals surface area contributed by atoms with Crippen molar-refractivity contribution in [2.24, 2.45) is 0 Å². The van der Waals surface area contributed by atoms with Crippen molar-refractivity contribution in [2.75, 3.05) is 19.4 Å². The number of amides is 2. The normalized spacial score (nSPS) is 9.90. The minimum Gasteiger partial charge on any atom is -0.345 e. The smallest absolute Gasteiger partial charge is 0.256 e. The van der Waals surface area contributed by atoms with E-state index in [1.807, 2.05) is 0 Å². The van der Waals surface area contributed by atoms with Crippen LogP contribution in [0.5, 0.6) is 0 Å². The Hall–Kier alpha value is -2.76. The Balaban J connectivity index is 2.10. The van der Waals surface area contributed by atoms with Crippen LogP contribution in [0.25, 0.3) is 0 Å². The molecule has 0 aliphatic carbocycles. The van der Waals surface area contributed by atoms with E-state index in [9.17, 15) is 9.59 Å². The van der Waals surface area contributed by atoms with E-state index < -0.39 is 0 Å². The van der Waals surface area contributed by atoms with Crippen molar-refractivity contribution in [3.63, 3.8) is 0 Å². The third-order valence-corrected chi connectivity index (χ3v) is 2.60. The zero-order valence-electron chi connectivity index (χ0n) is 11.2. The van der Waals surface area contributed by atoms with Crippen LogP contribution in [0.15, 0.2) is 42.9 Å². The predicted octanol–water partition coefficient (Wildman–Crippen LogP) is 1.43. The molecule has 0 saturated heterocycles. The highest BCUT2D eigenvalue weighted by Crippen LogP contribution is 2.08. The first-order chi connectivity index (χ1) is 9.58. The Labute approximate surface area is 116 Å². The second kappa shape index (κ2) is 5.92. The summed E-state index contributed by atoms with van der Waals surface area (Å²) in [6, 6.07) is 6.44. The predicted molar refractivity (Wildman–Crippen MR) is 74.4 cm³/mol. The third-order valence-electron chi connectivity index (χ3n) is 2.60. The van der Waals surface area contributed by atoms with Gasteiger partial charge in [-0.25, -0.2) is 4.98 Å². The van der Waals surface area contributed by atoms with Crippen LogP contribution in [-0.4, -0.2) is 40.8 Å². The first-order valence-corrected chi connectivity index (χ1v) is 5.97. The van der Waals surface area contributed by atoms with E-state index in [4.69, 9.17) is 0 Å². The van der Waals surface area contributed by atoms with Crippen LogP contribution < -0.4 is 5.32 Å². The number of carbonyl (C=O) groups excluding carboxylic acids is 2. The van der Waals surface area contributed by atoms with E-state index in [2.05, 4.69) is 15.3 Å². The fourth-order valence-electron chi connectivity index (χ4n) is 1.57. The maximum Gasteiger partial charge on any atom is 0.256 e. The molecule has 102 valence electrons. The first kappa shape index (κ1) is 13.7. The summed E-state index contributed by atoms with van der Waals surface area (Å²) in [7, 11) is 3.36. The molecule has 0 spiro atoms. The van der Waals surface area contributed by atoms with Crippen molar-refractivity contribution in [1.29, 1.82) is 0 Å². The van der Waals surface area contributed by atoms with Gasteiger partial charge in [-0.15, -0.1) is 0 Å². The molecule has 0 aliphatic heterocycles. The molecule has 6 nitrogen and oxygen atoms in total. The van der Waals surface area contributed by atoms with Crippen LogP contribution in [0.1, 0.15) is 20.7 Å². The average molecular weight is 270 g/mol. The fourth-order valence-corrected chi connectivity index (χ4v) is 1.57. The topological polar surface area (TPSA) is 75.2 Å². The van der Waals surface area contributed by atoms with Gasteiger partial charge in [0.1, 0.15) is 0 Å². The number of anilines is 1. The number of rotatable bonds is 3. The number of hydrogen-bond acceptors (Lipinski definition) is 4. The maximum atomic E-state index is 12.0. The summed E-state index contributed by atoms with van der Waals surface area (Å²) < 4.78 is 0. The standard InChI is InChI=1S/C14H14N4O2/c1-18(2)14(20)11-5-3-10(4-6-11)13(19)17-12-9-15-7-8-16-12/h3-9H,1-2H3,(H,16,17,19). The van der Waals surface area contributed by atoms with Crippen LogP contribution in [0.3, 0.4) is 0 Å². The highest BCUT2D eigenvalue weighted by molar-refractivity contribution is 6.04. The van der Waals surface area contributed by atoms with Gasteiger partial charge in [-0.2, -0.15) is 0 Å². The lowest BCUT2D eigenvalue weighted by Crippen LogP contribution is -2.21. The SMILES string of the molecule is CN(C)C(=O)c1ccc(C(=O)Nc2cnccn2)cc1. The van der Waals surface area contributed by atoms with Crippen molar-refractivity contribution in [2.45, 2.75) is 0 Å². The van der Waals surface area contributed by atoms with Crippen LogP contribution in [0.4, 0.5) is 5.82 Å². The van der Waals surface area contributed by atoms with E-state index in [1.54, 1.807) is 38.4 Å². The van der Waals surface area contributed by atoms with Gasteiger partial charge >= 0.3 is 0 Å². The van der Waals surface area contributed by atoms with Crippen molar-refractivity contribution < 1.29 is 9.59 Å².